The summed E-state index contributed by atoms with van der Waals surface area (Å²) in [5, 5.41) is 18.1. The molecule has 0 radical (unpaired) electrons. The molecule has 1 saturated carbocycles. The quantitative estimate of drug-likeness (QED) is 0.254. The van der Waals surface area contributed by atoms with E-state index < -0.39 is 0 Å². The summed E-state index contributed by atoms with van der Waals surface area (Å²) in [4.78, 5) is 23.1. The summed E-state index contributed by atoms with van der Waals surface area (Å²) in [6.45, 7) is 0.568. The first-order valence-electron chi connectivity index (χ1n) is 10.1. The lowest BCUT2D eigenvalue weighted by atomic mass is 9.68. The van der Waals surface area contributed by atoms with Crippen molar-refractivity contribution in [3.63, 3.8) is 0 Å². The van der Waals surface area contributed by atoms with Gasteiger partial charge in [0.25, 0.3) is 0 Å². The molecule has 3 rings (SSSR count). The highest BCUT2D eigenvalue weighted by atomic mass is 16.1. The van der Waals surface area contributed by atoms with E-state index in [1.807, 2.05) is 24.4 Å². The Hall–Kier alpha value is -3.60. The molecule has 8 heteroatoms. The summed E-state index contributed by atoms with van der Waals surface area (Å²) < 4.78 is 0. The average molecular weight is 406 g/mol. The molecule has 0 bridgehead atoms. The van der Waals surface area contributed by atoms with Gasteiger partial charge in [-0.1, -0.05) is 30.3 Å². The monoisotopic (exact) mass is 405 g/mol. The number of nitrogens with one attached hydrogen (secondary N) is 4. The van der Waals surface area contributed by atoms with Crippen molar-refractivity contribution >= 4 is 17.9 Å². The van der Waals surface area contributed by atoms with Crippen LogP contribution < -0.4 is 16.0 Å². The van der Waals surface area contributed by atoms with Gasteiger partial charge in [-0.25, -0.2) is 4.98 Å². The van der Waals surface area contributed by atoms with Crippen LogP contribution in [0.1, 0.15) is 36.9 Å². The molecule has 0 atom stereocenters. The van der Waals surface area contributed by atoms with E-state index in [0.717, 1.165) is 25.7 Å². The van der Waals surface area contributed by atoms with Gasteiger partial charge >= 0.3 is 0 Å². The van der Waals surface area contributed by atoms with Crippen molar-refractivity contribution in [3.05, 3.63) is 60.2 Å². The van der Waals surface area contributed by atoms with Crippen LogP contribution in [0.4, 0.5) is 0 Å². The summed E-state index contributed by atoms with van der Waals surface area (Å²) in [6.07, 6.45) is 12.0. The first kappa shape index (κ1) is 21.1. The van der Waals surface area contributed by atoms with Crippen LogP contribution in [0.2, 0.25) is 0 Å². The second-order valence-corrected chi connectivity index (χ2v) is 7.42. The Balaban J connectivity index is 1.66. The lowest BCUT2D eigenvalue weighted by Gasteiger charge is -2.41. The maximum atomic E-state index is 12.4. The van der Waals surface area contributed by atoms with Gasteiger partial charge in [-0.05, 0) is 37.3 Å². The van der Waals surface area contributed by atoms with Crippen LogP contribution in [0, 0.1) is 11.5 Å². The number of nitrogens with zero attached hydrogens (tertiary/aromatic N) is 3. The minimum atomic E-state index is -0.132. The second-order valence-electron chi connectivity index (χ2n) is 7.42. The third-order valence-corrected chi connectivity index (χ3v) is 5.59. The van der Waals surface area contributed by atoms with Crippen molar-refractivity contribution in [2.75, 3.05) is 13.6 Å². The summed E-state index contributed by atoms with van der Waals surface area (Å²) in [6, 6.07) is 10.6. The standard InChI is InChI=1S/C22H27N7O/c1-24-21(27-15-23)29-18-9-11-22(12-10-18,17-5-3-2-4-6-17)14-26-20(30)8-7-19-13-25-16-28-19/h2-8,13,16,18H,9-12,14H2,1H3,(H,25,28)(H,26,30)(H2,24,27,29)/b8-7+/t18-,22-. The Morgan fingerprint density at radius 3 is 2.77 bits per heavy atom. The number of hydrogen-bond acceptors (Lipinski definition) is 4. The van der Waals surface area contributed by atoms with Gasteiger partial charge in [-0.3, -0.25) is 4.79 Å². The number of carbonyl (C=O) groups excluding carboxylic acids is 1. The Morgan fingerprint density at radius 2 is 2.13 bits per heavy atom. The number of H-pyrrole nitrogens is 1. The van der Waals surface area contributed by atoms with Crippen LogP contribution in [-0.4, -0.2) is 41.5 Å². The predicted molar refractivity (Wildman–Crippen MR) is 116 cm³/mol. The Kier molecular flexibility index (Phi) is 7.22. The van der Waals surface area contributed by atoms with E-state index in [1.165, 1.54) is 11.6 Å². The fourth-order valence-electron chi connectivity index (χ4n) is 3.92. The number of amides is 1. The molecule has 0 saturated heterocycles. The van der Waals surface area contributed by atoms with E-state index in [0.29, 0.717) is 18.2 Å². The first-order chi connectivity index (χ1) is 14.6. The van der Waals surface area contributed by atoms with Crippen LogP contribution >= 0.6 is 0 Å². The minimum Gasteiger partial charge on any atom is -0.359 e. The zero-order valence-corrected chi connectivity index (χ0v) is 17.1. The highest BCUT2D eigenvalue weighted by Crippen LogP contribution is 2.39. The van der Waals surface area contributed by atoms with E-state index in [2.05, 4.69) is 43.0 Å². The molecule has 0 aliphatic heterocycles. The third-order valence-electron chi connectivity index (χ3n) is 5.59. The molecule has 1 fully saturated rings. The largest absolute Gasteiger partial charge is 0.359 e. The Morgan fingerprint density at radius 1 is 1.37 bits per heavy atom. The smallest absolute Gasteiger partial charge is 0.244 e. The molecule has 8 nitrogen and oxygen atoms in total. The van der Waals surface area contributed by atoms with Gasteiger partial charge in [0, 0.05) is 37.3 Å². The molecular formula is C22H27N7O. The molecule has 0 spiro atoms. The van der Waals surface area contributed by atoms with E-state index in [4.69, 9.17) is 5.26 Å². The zero-order chi connectivity index (χ0) is 21.2. The van der Waals surface area contributed by atoms with Crippen LogP contribution in [0.15, 0.2) is 53.9 Å². The molecular weight excluding hydrogens is 378 g/mol. The van der Waals surface area contributed by atoms with Gasteiger partial charge < -0.3 is 20.9 Å². The number of guanidine groups is 1. The summed E-state index contributed by atoms with van der Waals surface area (Å²) in [7, 11) is 1.74. The summed E-state index contributed by atoms with van der Waals surface area (Å²) in [5.41, 5.74) is 1.83. The van der Waals surface area contributed by atoms with Crippen LogP contribution in [0.3, 0.4) is 0 Å². The highest BCUT2D eigenvalue weighted by Gasteiger charge is 2.37. The van der Waals surface area contributed by atoms with Gasteiger partial charge in [0.2, 0.25) is 18.1 Å². The van der Waals surface area contributed by atoms with E-state index in [9.17, 15) is 4.79 Å². The molecule has 0 unspecified atom stereocenters. The van der Waals surface area contributed by atoms with Gasteiger partial charge in [0.05, 0.1) is 12.0 Å². The van der Waals surface area contributed by atoms with Crippen molar-refractivity contribution in [2.24, 2.45) is 4.99 Å². The van der Waals surface area contributed by atoms with Crippen molar-refractivity contribution < 1.29 is 4.79 Å². The molecule has 1 heterocycles. The van der Waals surface area contributed by atoms with E-state index >= 15 is 0 Å². The topological polar surface area (TPSA) is 118 Å². The number of aromatic amines is 1. The lowest BCUT2D eigenvalue weighted by molar-refractivity contribution is -0.116. The molecule has 30 heavy (non-hydrogen) atoms. The maximum absolute atomic E-state index is 12.4. The fourth-order valence-corrected chi connectivity index (χ4v) is 3.92. The van der Waals surface area contributed by atoms with Gasteiger partial charge in [0.1, 0.15) is 0 Å². The molecule has 1 aliphatic rings. The SMILES string of the molecule is CN/C(=N\C#N)N[C@H]1CC[C@](CNC(=O)/C=C/c2c[nH]cn2)(c2ccccc2)CC1. The molecule has 2 aromatic rings. The van der Waals surface area contributed by atoms with Crippen LogP contribution in [0.25, 0.3) is 6.08 Å². The summed E-state index contributed by atoms with van der Waals surface area (Å²) in [5.74, 6) is 0.360. The third kappa shape index (κ3) is 5.47. The lowest BCUT2D eigenvalue weighted by Crippen LogP contribution is -2.49. The number of rotatable bonds is 6. The van der Waals surface area contributed by atoms with E-state index in [1.54, 1.807) is 25.6 Å². The molecule has 156 valence electrons. The van der Waals surface area contributed by atoms with Crippen molar-refractivity contribution in [2.45, 2.75) is 37.1 Å². The highest BCUT2D eigenvalue weighted by molar-refractivity contribution is 5.91. The van der Waals surface area contributed by atoms with E-state index in [-0.39, 0.29) is 17.4 Å². The number of aromatic nitrogens is 2. The minimum absolute atomic E-state index is 0.124. The number of nitriles is 1. The van der Waals surface area contributed by atoms with Gasteiger partial charge in [-0.15, -0.1) is 4.99 Å². The number of benzene rings is 1. The number of hydrogen-bond donors (Lipinski definition) is 4. The molecule has 1 aromatic carbocycles. The molecule has 4 N–H and O–H groups in total. The Labute approximate surface area is 176 Å². The number of carbonyl (C=O) groups is 1. The van der Waals surface area contributed by atoms with Crippen molar-refractivity contribution in [3.8, 4) is 6.19 Å². The Bertz CT molecular complexity index is 905. The fraction of sp³-hybridized carbons (Fsp3) is 0.364. The van der Waals surface area contributed by atoms with Crippen LogP contribution in [-0.2, 0) is 10.2 Å². The van der Waals surface area contributed by atoms with Gasteiger partial charge in [-0.2, -0.15) is 5.26 Å². The van der Waals surface area contributed by atoms with Crippen molar-refractivity contribution in [1.29, 1.82) is 5.26 Å². The molecule has 1 amide bonds. The normalized spacial score (nSPS) is 21.7. The summed E-state index contributed by atoms with van der Waals surface area (Å²) >= 11 is 0. The maximum Gasteiger partial charge on any atom is 0.244 e. The number of aliphatic imine (C=N–C) groups is 1. The predicted octanol–water partition coefficient (Wildman–Crippen LogP) is 2.07. The second kappa shape index (κ2) is 10.3. The molecule has 1 aliphatic carbocycles. The average Bonchev–Trinajstić information content (AvgIpc) is 3.31. The number of imidazole rings is 1. The molecule has 1 aromatic heterocycles. The van der Waals surface area contributed by atoms with Crippen molar-refractivity contribution in [1.82, 2.24) is 25.9 Å². The van der Waals surface area contributed by atoms with Gasteiger partial charge in [0.15, 0.2) is 0 Å². The first-order valence-corrected chi connectivity index (χ1v) is 10.1. The zero-order valence-electron chi connectivity index (χ0n) is 17.1. The van der Waals surface area contributed by atoms with Crippen LogP contribution in [0.5, 0.6) is 0 Å².